The minimum atomic E-state index is 1.04. The van der Waals surface area contributed by atoms with Crippen molar-refractivity contribution >= 4 is 43.6 Å². The maximum atomic E-state index is 2.42. The quantitative estimate of drug-likeness (QED) is 0.222. The number of aromatic nitrogens is 2. The van der Waals surface area contributed by atoms with Crippen LogP contribution in [0.4, 0.5) is 0 Å². The Bertz CT molecular complexity index is 1950. The van der Waals surface area contributed by atoms with Crippen molar-refractivity contribution in [3.05, 3.63) is 145 Å². The number of hydrogen-bond donors (Lipinski definition) is 0. The molecule has 0 unspecified atom stereocenters. The molecule has 0 N–H and O–H groups in total. The molecule has 0 aliphatic rings. The largest absolute Gasteiger partial charge is 0.309 e. The first kappa shape index (κ1) is 22.9. The Morgan fingerprint density at radius 2 is 0.775 bits per heavy atom. The molecule has 2 heterocycles. The van der Waals surface area contributed by atoms with Gasteiger partial charge in [-0.2, -0.15) is 0 Å². The zero-order valence-electron chi connectivity index (χ0n) is 22.4. The van der Waals surface area contributed by atoms with E-state index in [2.05, 4.69) is 156 Å². The van der Waals surface area contributed by atoms with E-state index in [1.165, 1.54) is 60.3 Å². The summed E-state index contributed by atoms with van der Waals surface area (Å²) in [5.74, 6) is 0. The van der Waals surface area contributed by atoms with Crippen molar-refractivity contribution < 1.29 is 0 Å². The first-order valence-electron chi connectivity index (χ1n) is 14.0. The summed E-state index contributed by atoms with van der Waals surface area (Å²) in [7, 11) is 0. The van der Waals surface area contributed by atoms with E-state index in [1.807, 2.05) is 0 Å². The molecule has 0 amide bonds. The molecular formula is C38H28N2. The molecule has 0 atom stereocenters. The third-order valence-electron chi connectivity index (χ3n) is 8.27. The fourth-order valence-electron chi connectivity index (χ4n) is 6.35. The van der Waals surface area contributed by atoms with E-state index in [-0.39, 0.29) is 0 Å². The highest BCUT2D eigenvalue weighted by atomic mass is 15.0. The molecular weight excluding hydrogens is 484 g/mol. The SMILES string of the molecule is CCc1ccc(-c2cc(-n3c4ccccc4c4ccccc43)cc(-n3c4ccccc4c4ccccc43)c2)cc1. The second-order valence-corrected chi connectivity index (χ2v) is 10.5. The lowest BCUT2D eigenvalue weighted by Gasteiger charge is -2.16. The molecule has 8 rings (SSSR count). The van der Waals surface area contributed by atoms with Crippen LogP contribution in [-0.4, -0.2) is 9.13 Å². The highest BCUT2D eigenvalue weighted by Crippen LogP contribution is 2.37. The molecule has 2 nitrogen and oxygen atoms in total. The van der Waals surface area contributed by atoms with E-state index in [4.69, 9.17) is 0 Å². The smallest absolute Gasteiger partial charge is 0.0541 e. The molecule has 40 heavy (non-hydrogen) atoms. The van der Waals surface area contributed by atoms with Crippen molar-refractivity contribution in [1.82, 2.24) is 9.13 Å². The lowest BCUT2D eigenvalue weighted by molar-refractivity contribution is 1.13. The maximum Gasteiger partial charge on any atom is 0.0541 e. The molecule has 0 radical (unpaired) electrons. The second kappa shape index (κ2) is 9.00. The van der Waals surface area contributed by atoms with Crippen LogP contribution in [-0.2, 0) is 6.42 Å². The van der Waals surface area contributed by atoms with E-state index in [1.54, 1.807) is 0 Å². The van der Waals surface area contributed by atoms with Crippen molar-refractivity contribution in [2.75, 3.05) is 0 Å². The van der Waals surface area contributed by atoms with Crippen molar-refractivity contribution in [3.63, 3.8) is 0 Å². The number of hydrogen-bond acceptors (Lipinski definition) is 0. The van der Waals surface area contributed by atoms with Gasteiger partial charge in [0.15, 0.2) is 0 Å². The Kier molecular flexibility index (Phi) is 5.14. The topological polar surface area (TPSA) is 9.86 Å². The fourth-order valence-corrected chi connectivity index (χ4v) is 6.35. The maximum absolute atomic E-state index is 2.42. The average Bonchev–Trinajstić information content (AvgIpc) is 3.54. The van der Waals surface area contributed by atoms with E-state index >= 15 is 0 Å². The van der Waals surface area contributed by atoms with Gasteiger partial charge in [0.05, 0.1) is 22.1 Å². The zero-order chi connectivity index (χ0) is 26.6. The number of fused-ring (bicyclic) bond motifs is 6. The number of nitrogens with zero attached hydrogens (tertiary/aromatic N) is 2. The van der Waals surface area contributed by atoms with Crippen molar-refractivity contribution in [1.29, 1.82) is 0 Å². The molecule has 0 aliphatic heterocycles. The number of para-hydroxylation sites is 4. The third kappa shape index (κ3) is 3.43. The molecule has 2 aromatic heterocycles. The zero-order valence-corrected chi connectivity index (χ0v) is 22.4. The average molecular weight is 513 g/mol. The first-order chi connectivity index (χ1) is 19.8. The molecule has 0 saturated carbocycles. The van der Waals surface area contributed by atoms with E-state index in [9.17, 15) is 0 Å². The first-order valence-corrected chi connectivity index (χ1v) is 14.0. The van der Waals surface area contributed by atoms with Gasteiger partial charge in [0.2, 0.25) is 0 Å². The number of aryl methyl sites for hydroxylation is 1. The Labute approximate surface area is 233 Å². The Morgan fingerprint density at radius 3 is 1.15 bits per heavy atom. The Morgan fingerprint density at radius 1 is 0.400 bits per heavy atom. The van der Waals surface area contributed by atoms with Crippen LogP contribution in [0.3, 0.4) is 0 Å². The van der Waals surface area contributed by atoms with Gasteiger partial charge in [-0.1, -0.05) is 104 Å². The Hall–Kier alpha value is -5.08. The third-order valence-corrected chi connectivity index (χ3v) is 8.27. The summed E-state index contributed by atoms with van der Waals surface area (Å²) in [4.78, 5) is 0. The molecule has 6 aromatic carbocycles. The molecule has 0 spiro atoms. The molecule has 8 aromatic rings. The fraction of sp³-hybridized carbons (Fsp3) is 0.0526. The van der Waals surface area contributed by atoms with Crippen LogP contribution in [0.25, 0.3) is 66.1 Å². The van der Waals surface area contributed by atoms with Crippen molar-refractivity contribution in [2.45, 2.75) is 13.3 Å². The summed E-state index contributed by atoms with van der Waals surface area (Å²) in [6.07, 6.45) is 1.04. The van der Waals surface area contributed by atoms with Gasteiger partial charge in [-0.05, 0) is 65.6 Å². The van der Waals surface area contributed by atoms with Gasteiger partial charge in [0, 0.05) is 32.9 Å². The highest BCUT2D eigenvalue weighted by Gasteiger charge is 2.17. The molecule has 0 saturated heterocycles. The minimum absolute atomic E-state index is 1.04. The van der Waals surface area contributed by atoms with Gasteiger partial charge in [-0.3, -0.25) is 0 Å². The predicted molar refractivity (Wildman–Crippen MR) is 170 cm³/mol. The molecule has 2 heteroatoms. The van der Waals surface area contributed by atoms with Crippen LogP contribution in [0, 0.1) is 0 Å². The summed E-state index contributed by atoms with van der Waals surface area (Å²) in [6.45, 7) is 2.21. The van der Waals surface area contributed by atoms with Gasteiger partial charge in [-0.25, -0.2) is 0 Å². The highest BCUT2D eigenvalue weighted by molar-refractivity contribution is 6.10. The molecule has 0 bridgehead atoms. The summed E-state index contributed by atoms with van der Waals surface area (Å²) >= 11 is 0. The van der Waals surface area contributed by atoms with Crippen LogP contribution in [0.1, 0.15) is 12.5 Å². The van der Waals surface area contributed by atoms with Gasteiger partial charge < -0.3 is 9.13 Å². The van der Waals surface area contributed by atoms with Gasteiger partial charge in [-0.15, -0.1) is 0 Å². The predicted octanol–water partition coefficient (Wildman–Crippen LogP) is 10.1. The lowest BCUT2D eigenvalue weighted by atomic mass is 10.0. The van der Waals surface area contributed by atoms with E-state index in [0.717, 1.165) is 17.8 Å². The van der Waals surface area contributed by atoms with Crippen molar-refractivity contribution in [3.8, 4) is 22.5 Å². The van der Waals surface area contributed by atoms with E-state index < -0.39 is 0 Å². The van der Waals surface area contributed by atoms with Crippen molar-refractivity contribution in [2.24, 2.45) is 0 Å². The summed E-state index contributed by atoms with van der Waals surface area (Å²) < 4.78 is 4.85. The van der Waals surface area contributed by atoms with Crippen LogP contribution in [0.2, 0.25) is 0 Å². The number of rotatable bonds is 4. The van der Waals surface area contributed by atoms with Crippen LogP contribution in [0.15, 0.2) is 140 Å². The standard InChI is InChI=1S/C38H28N2/c1-2-26-19-21-27(22-20-26)28-23-29(39-35-15-7-3-11-31(35)32-12-4-8-16-36(32)39)25-30(24-28)40-37-17-9-5-13-33(37)34-14-6-10-18-38(34)40/h3-25H,2H2,1H3. The molecule has 0 fully saturated rings. The van der Waals surface area contributed by atoms with Crippen LogP contribution in [0.5, 0.6) is 0 Å². The summed E-state index contributed by atoms with van der Waals surface area (Å²) in [6, 6.07) is 51.0. The lowest BCUT2D eigenvalue weighted by Crippen LogP contribution is -2.00. The normalized spacial score (nSPS) is 11.7. The van der Waals surface area contributed by atoms with Crippen LogP contribution < -0.4 is 0 Å². The Balaban J connectivity index is 1.48. The summed E-state index contributed by atoms with van der Waals surface area (Å²) in [5.41, 5.74) is 11.0. The van der Waals surface area contributed by atoms with Crippen LogP contribution >= 0.6 is 0 Å². The van der Waals surface area contributed by atoms with Gasteiger partial charge >= 0.3 is 0 Å². The molecule has 0 aliphatic carbocycles. The molecule has 190 valence electrons. The van der Waals surface area contributed by atoms with Gasteiger partial charge in [0.25, 0.3) is 0 Å². The minimum Gasteiger partial charge on any atom is -0.309 e. The van der Waals surface area contributed by atoms with Gasteiger partial charge in [0.1, 0.15) is 0 Å². The summed E-state index contributed by atoms with van der Waals surface area (Å²) in [5, 5.41) is 5.09. The second-order valence-electron chi connectivity index (χ2n) is 10.5. The monoisotopic (exact) mass is 512 g/mol. The van der Waals surface area contributed by atoms with E-state index in [0.29, 0.717) is 0 Å². The number of benzene rings is 6.